The zero-order valence-electron chi connectivity index (χ0n) is 15.4. The maximum atomic E-state index is 13.0. The van der Waals surface area contributed by atoms with Gasteiger partial charge < -0.3 is 19.9 Å². The number of likely N-dealkylation sites (tertiary alicyclic amines) is 1. The summed E-state index contributed by atoms with van der Waals surface area (Å²) in [6.45, 7) is 11.4. The van der Waals surface area contributed by atoms with Crippen molar-refractivity contribution in [2.75, 3.05) is 45.9 Å². The van der Waals surface area contributed by atoms with Gasteiger partial charge in [-0.2, -0.15) is 0 Å². The maximum Gasteiger partial charge on any atom is 0.340 e. The summed E-state index contributed by atoms with van der Waals surface area (Å²) < 4.78 is 5.11. The first-order valence-electron chi connectivity index (χ1n) is 9.13. The van der Waals surface area contributed by atoms with Crippen LogP contribution in [0.25, 0.3) is 0 Å². The van der Waals surface area contributed by atoms with E-state index in [4.69, 9.17) is 4.74 Å². The van der Waals surface area contributed by atoms with Crippen molar-refractivity contribution in [2.24, 2.45) is 0 Å². The largest absolute Gasteiger partial charge is 0.462 e. The van der Waals surface area contributed by atoms with Gasteiger partial charge in [0, 0.05) is 51.0 Å². The summed E-state index contributed by atoms with van der Waals surface area (Å²) >= 11 is 0. The van der Waals surface area contributed by atoms with Crippen LogP contribution in [0.5, 0.6) is 0 Å². The predicted molar refractivity (Wildman–Crippen MR) is 95.0 cm³/mol. The van der Waals surface area contributed by atoms with E-state index in [0.29, 0.717) is 35.2 Å². The molecule has 2 aliphatic rings. The van der Waals surface area contributed by atoms with Crippen molar-refractivity contribution in [1.29, 1.82) is 0 Å². The monoisotopic (exact) mass is 348 g/mol. The van der Waals surface area contributed by atoms with Gasteiger partial charge in [-0.05, 0) is 32.8 Å². The first-order valence-corrected chi connectivity index (χ1v) is 9.13. The van der Waals surface area contributed by atoms with Crippen molar-refractivity contribution in [3.8, 4) is 0 Å². The molecule has 1 aromatic heterocycles. The molecule has 7 heteroatoms. The molecule has 1 unspecified atom stereocenters. The summed E-state index contributed by atoms with van der Waals surface area (Å²) in [5.74, 6) is -0.387. The van der Waals surface area contributed by atoms with Gasteiger partial charge in [0.25, 0.3) is 5.91 Å². The molecular weight excluding hydrogens is 320 g/mol. The quantitative estimate of drug-likeness (QED) is 0.792. The maximum absolute atomic E-state index is 13.0. The summed E-state index contributed by atoms with van der Waals surface area (Å²) in [5, 5.41) is 3.36. The molecule has 0 bridgehead atoms. The molecule has 0 aromatic carbocycles. The van der Waals surface area contributed by atoms with Crippen molar-refractivity contribution in [3.05, 3.63) is 22.5 Å². The van der Waals surface area contributed by atoms with E-state index in [2.05, 4.69) is 15.2 Å². The summed E-state index contributed by atoms with van der Waals surface area (Å²) in [6.07, 6.45) is 1.01. The molecule has 1 aromatic rings. The SMILES string of the molecule is CCOC(=O)c1c(C)[nH]c(C(=O)N2CCC(N3CCNCC3)C2)c1C. The number of nitrogens with zero attached hydrogens (tertiary/aromatic N) is 2. The molecule has 138 valence electrons. The third-order valence-corrected chi connectivity index (χ3v) is 5.25. The molecule has 1 atom stereocenters. The summed E-state index contributed by atoms with van der Waals surface area (Å²) in [6, 6.07) is 0.437. The third-order valence-electron chi connectivity index (χ3n) is 5.25. The molecule has 0 radical (unpaired) electrons. The Bertz CT molecular complexity index is 649. The van der Waals surface area contributed by atoms with E-state index in [9.17, 15) is 9.59 Å². The second kappa shape index (κ2) is 7.58. The lowest BCUT2D eigenvalue weighted by Crippen LogP contribution is -2.49. The third kappa shape index (κ3) is 3.57. The highest BCUT2D eigenvalue weighted by atomic mass is 16.5. The minimum Gasteiger partial charge on any atom is -0.462 e. The second-order valence-corrected chi connectivity index (χ2v) is 6.83. The van der Waals surface area contributed by atoms with E-state index < -0.39 is 0 Å². The van der Waals surface area contributed by atoms with Crippen LogP contribution in [0.3, 0.4) is 0 Å². The topological polar surface area (TPSA) is 77.7 Å². The average Bonchev–Trinajstić information content (AvgIpc) is 3.20. The lowest BCUT2D eigenvalue weighted by atomic mass is 10.1. The van der Waals surface area contributed by atoms with E-state index in [1.54, 1.807) is 6.92 Å². The van der Waals surface area contributed by atoms with E-state index >= 15 is 0 Å². The zero-order chi connectivity index (χ0) is 18.0. The number of nitrogens with one attached hydrogen (secondary N) is 2. The van der Waals surface area contributed by atoms with E-state index in [1.807, 2.05) is 18.7 Å². The number of hydrogen-bond donors (Lipinski definition) is 2. The molecule has 3 rings (SSSR count). The molecule has 7 nitrogen and oxygen atoms in total. The number of H-pyrrole nitrogens is 1. The number of aromatic nitrogens is 1. The first-order chi connectivity index (χ1) is 12.0. The summed E-state index contributed by atoms with van der Waals surface area (Å²) in [5.41, 5.74) is 2.38. The molecule has 2 N–H and O–H groups in total. The van der Waals surface area contributed by atoms with E-state index in [-0.39, 0.29) is 11.9 Å². The van der Waals surface area contributed by atoms with Crippen molar-refractivity contribution in [1.82, 2.24) is 20.1 Å². The van der Waals surface area contributed by atoms with Crippen molar-refractivity contribution in [3.63, 3.8) is 0 Å². The van der Waals surface area contributed by atoms with Gasteiger partial charge in [0.2, 0.25) is 0 Å². The van der Waals surface area contributed by atoms with Crippen LogP contribution in [0.15, 0.2) is 0 Å². The number of hydrogen-bond acceptors (Lipinski definition) is 5. The predicted octanol–water partition coefficient (Wildman–Crippen LogP) is 0.928. The average molecular weight is 348 g/mol. The van der Waals surface area contributed by atoms with E-state index in [0.717, 1.165) is 45.7 Å². The van der Waals surface area contributed by atoms with Gasteiger partial charge in [-0.15, -0.1) is 0 Å². The number of esters is 1. The van der Waals surface area contributed by atoms with Crippen molar-refractivity contribution < 1.29 is 14.3 Å². The highest BCUT2D eigenvalue weighted by molar-refractivity contribution is 6.00. The highest BCUT2D eigenvalue weighted by Crippen LogP contribution is 2.23. The van der Waals surface area contributed by atoms with Crippen LogP contribution in [0.1, 0.15) is 45.4 Å². The lowest BCUT2D eigenvalue weighted by molar-refractivity contribution is 0.0525. The molecule has 3 heterocycles. The second-order valence-electron chi connectivity index (χ2n) is 6.83. The molecule has 25 heavy (non-hydrogen) atoms. The van der Waals surface area contributed by atoms with Gasteiger partial charge in [0.15, 0.2) is 0 Å². The van der Waals surface area contributed by atoms with Crippen LogP contribution in [0.4, 0.5) is 0 Å². The number of aromatic amines is 1. The molecule has 0 saturated carbocycles. The Balaban J connectivity index is 1.71. The Morgan fingerprint density at radius 2 is 1.92 bits per heavy atom. The molecule has 0 spiro atoms. The van der Waals surface area contributed by atoms with Gasteiger partial charge in [0.1, 0.15) is 5.69 Å². The number of ether oxygens (including phenoxy) is 1. The van der Waals surface area contributed by atoms with Gasteiger partial charge >= 0.3 is 5.97 Å². The number of piperazine rings is 1. The molecule has 2 fully saturated rings. The molecular formula is C18H28N4O3. The molecule has 2 saturated heterocycles. The van der Waals surface area contributed by atoms with Crippen LogP contribution >= 0.6 is 0 Å². The standard InChI is InChI=1S/C18H28N4O3/c1-4-25-18(24)15-12(2)16(20-13(15)3)17(23)22-8-5-14(11-22)21-9-6-19-7-10-21/h14,19-20H,4-11H2,1-3H3. The molecule has 1 amide bonds. The molecule has 0 aliphatic carbocycles. The molecule has 2 aliphatic heterocycles. The Hall–Kier alpha value is -1.86. The Morgan fingerprint density at radius 1 is 1.20 bits per heavy atom. The zero-order valence-corrected chi connectivity index (χ0v) is 15.4. The minimum atomic E-state index is -0.368. The van der Waals surface area contributed by atoms with Crippen LogP contribution in [0.2, 0.25) is 0 Å². The highest BCUT2D eigenvalue weighted by Gasteiger charge is 2.33. The van der Waals surface area contributed by atoms with Gasteiger partial charge in [0.05, 0.1) is 12.2 Å². The normalized spacial score (nSPS) is 21.6. The number of carbonyl (C=O) groups is 2. The van der Waals surface area contributed by atoms with Gasteiger partial charge in [-0.1, -0.05) is 0 Å². The lowest BCUT2D eigenvalue weighted by Gasteiger charge is -2.32. The fraction of sp³-hybridized carbons (Fsp3) is 0.667. The number of aryl methyl sites for hydroxylation is 1. The van der Waals surface area contributed by atoms with Crippen LogP contribution < -0.4 is 5.32 Å². The van der Waals surface area contributed by atoms with Crippen molar-refractivity contribution >= 4 is 11.9 Å². The Kier molecular flexibility index (Phi) is 5.44. The number of rotatable bonds is 4. The van der Waals surface area contributed by atoms with Crippen LogP contribution in [0, 0.1) is 13.8 Å². The first kappa shape index (κ1) is 17.9. The van der Waals surface area contributed by atoms with Crippen LogP contribution in [-0.2, 0) is 4.74 Å². The Morgan fingerprint density at radius 3 is 2.60 bits per heavy atom. The van der Waals surface area contributed by atoms with Gasteiger partial charge in [-0.25, -0.2) is 4.79 Å². The summed E-state index contributed by atoms with van der Waals surface area (Å²) in [7, 11) is 0. The van der Waals surface area contributed by atoms with Crippen LogP contribution in [-0.4, -0.2) is 78.6 Å². The number of amides is 1. The fourth-order valence-electron chi connectivity index (χ4n) is 3.90. The van der Waals surface area contributed by atoms with Gasteiger partial charge in [-0.3, -0.25) is 9.69 Å². The Labute approximate surface area is 148 Å². The van der Waals surface area contributed by atoms with Crippen molar-refractivity contribution in [2.45, 2.75) is 33.2 Å². The smallest absolute Gasteiger partial charge is 0.340 e. The fourth-order valence-corrected chi connectivity index (χ4v) is 3.90. The number of carbonyl (C=O) groups excluding carboxylic acids is 2. The van der Waals surface area contributed by atoms with E-state index in [1.165, 1.54) is 0 Å². The summed E-state index contributed by atoms with van der Waals surface area (Å²) in [4.78, 5) is 32.6. The minimum absolute atomic E-state index is 0.0196.